The zero-order valence-electron chi connectivity index (χ0n) is 15.8. The van der Waals surface area contributed by atoms with Crippen molar-refractivity contribution in [2.75, 3.05) is 6.54 Å². The van der Waals surface area contributed by atoms with Gasteiger partial charge in [-0.05, 0) is 36.1 Å². The molecule has 4 rings (SSSR count). The molecule has 0 saturated heterocycles. The van der Waals surface area contributed by atoms with E-state index in [1.807, 2.05) is 4.90 Å². The minimum Gasteiger partial charge on any atom is -0.358 e. The summed E-state index contributed by atoms with van der Waals surface area (Å²) in [7, 11) is 0. The maximum Gasteiger partial charge on any atom is 0.227 e. The highest BCUT2D eigenvalue weighted by atomic mass is 16.2. The van der Waals surface area contributed by atoms with Crippen LogP contribution in [0.25, 0.3) is 10.9 Å². The molecule has 1 aromatic heterocycles. The summed E-state index contributed by atoms with van der Waals surface area (Å²) in [5.74, 6) is 0.724. The van der Waals surface area contributed by atoms with Crippen LogP contribution in [0.4, 0.5) is 0 Å². The molecule has 0 spiro atoms. The zero-order valence-corrected chi connectivity index (χ0v) is 15.8. The second-order valence-corrected chi connectivity index (χ2v) is 7.77. The van der Waals surface area contributed by atoms with Crippen molar-refractivity contribution in [2.24, 2.45) is 0 Å². The van der Waals surface area contributed by atoms with Gasteiger partial charge in [0.15, 0.2) is 0 Å². The van der Waals surface area contributed by atoms with E-state index in [0.29, 0.717) is 18.9 Å². The van der Waals surface area contributed by atoms with E-state index in [1.165, 1.54) is 33.3 Å². The highest BCUT2D eigenvalue weighted by Gasteiger charge is 2.24. The van der Waals surface area contributed by atoms with Crippen molar-refractivity contribution in [2.45, 2.75) is 46.1 Å². The van der Waals surface area contributed by atoms with E-state index in [0.717, 1.165) is 18.5 Å². The van der Waals surface area contributed by atoms with Gasteiger partial charge in [-0.1, -0.05) is 49.7 Å². The molecule has 0 aliphatic carbocycles. The average Bonchev–Trinajstić information content (AvgIpc) is 3.00. The quantitative estimate of drug-likeness (QED) is 0.731. The van der Waals surface area contributed by atoms with Gasteiger partial charge < -0.3 is 9.88 Å². The highest BCUT2D eigenvalue weighted by molar-refractivity contribution is 5.87. The molecular formula is C23H26N2O. The number of rotatable bonds is 3. The lowest BCUT2D eigenvalue weighted by atomic mass is 9.98. The van der Waals surface area contributed by atoms with Gasteiger partial charge in [-0.15, -0.1) is 0 Å². The van der Waals surface area contributed by atoms with Gasteiger partial charge in [0.1, 0.15) is 0 Å². The summed E-state index contributed by atoms with van der Waals surface area (Å²) < 4.78 is 0. The SMILES string of the molecule is Cc1ccc(CC(=O)N2CCc3[nH]c4ccc(C(C)C)cc4c3C2)cc1. The molecule has 0 saturated carbocycles. The number of carbonyl (C=O) groups is 1. The minimum atomic E-state index is 0.217. The van der Waals surface area contributed by atoms with Crippen molar-refractivity contribution in [3.8, 4) is 0 Å². The molecule has 3 heteroatoms. The van der Waals surface area contributed by atoms with E-state index >= 15 is 0 Å². The first kappa shape index (κ1) is 16.9. The first-order valence-electron chi connectivity index (χ1n) is 9.48. The molecule has 26 heavy (non-hydrogen) atoms. The van der Waals surface area contributed by atoms with Gasteiger partial charge in [0.25, 0.3) is 0 Å². The van der Waals surface area contributed by atoms with Gasteiger partial charge >= 0.3 is 0 Å². The third-order valence-corrected chi connectivity index (χ3v) is 5.49. The van der Waals surface area contributed by atoms with Gasteiger partial charge in [-0.3, -0.25) is 4.79 Å². The summed E-state index contributed by atoms with van der Waals surface area (Å²) in [6, 6.07) is 14.9. The fourth-order valence-electron chi connectivity index (χ4n) is 3.80. The molecule has 2 heterocycles. The predicted octanol–water partition coefficient (Wildman–Crippen LogP) is 4.73. The molecule has 0 bridgehead atoms. The summed E-state index contributed by atoms with van der Waals surface area (Å²) in [4.78, 5) is 18.4. The Kier molecular flexibility index (Phi) is 4.31. The maximum atomic E-state index is 12.8. The van der Waals surface area contributed by atoms with Crippen molar-refractivity contribution in [3.05, 3.63) is 70.4 Å². The second-order valence-electron chi connectivity index (χ2n) is 7.77. The van der Waals surface area contributed by atoms with Crippen LogP contribution in [0.5, 0.6) is 0 Å². The number of carbonyl (C=O) groups excluding carboxylic acids is 1. The Morgan fingerprint density at radius 2 is 1.92 bits per heavy atom. The third-order valence-electron chi connectivity index (χ3n) is 5.49. The van der Waals surface area contributed by atoms with Crippen LogP contribution in [-0.4, -0.2) is 22.3 Å². The molecule has 1 aliphatic heterocycles. The molecule has 0 atom stereocenters. The lowest BCUT2D eigenvalue weighted by Crippen LogP contribution is -2.36. The van der Waals surface area contributed by atoms with Crippen LogP contribution in [0.15, 0.2) is 42.5 Å². The summed E-state index contributed by atoms with van der Waals surface area (Å²) in [6.45, 7) is 8.01. The number of amides is 1. The third kappa shape index (κ3) is 3.14. The summed E-state index contributed by atoms with van der Waals surface area (Å²) >= 11 is 0. The molecule has 1 N–H and O–H groups in total. The first-order valence-corrected chi connectivity index (χ1v) is 9.48. The number of aryl methyl sites for hydroxylation is 1. The molecule has 1 aliphatic rings. The number of aromatic amines is 1. The van der Waals surface area contributed by atoms with E-state index in [-0.39, 0.29) is 5.91 Å². The smallest absolute Gasteiger partial charge is 0.227 e. The number of benzene rings is 2. The Hall–Kier alpha value is -2.55. The highest BCUT2D eigenvalue weighted by Crippen LogP contribution is 2.30. The summed E-state index contributed by atoms with van der Waals surface area (Å²) in [6.07, 6.45) is 1.38. The molecule has 0 fully saturated rings. The number of H-pyrrole nitrogens is 1. The van der Waals surface area contributed by atoms with Crippen LogP contribution in [-0.2, 0) is 24.2 Å². The van der Waals surface area contributed by atoms with Gasteiger partial charge in [-0.25, -0.2) is 0 Å². The number of aromatic nitrogens is 1. The Balaban J connectivity index is 1.58. The monoisotopic (exact) mass is 346 g/mol. The topological polar surface area (TPSA) is 36.1 Å². The van der Waals surface area contributed by atoms with Crippen molar-refractivity contribution >= 4 is 16.8 Å². The molecule has 1 amide bonds. The van der Waals surface area contributed by atoms with Crippen LogP contribution < -0.4 is 0 Å². The van der Waals surface area contributed by atoms with Crippen molar-refractivity contribution < 1.29 is 4.79 Å². The molecule has 3 aromatic rings. The van der Waals surface area contributed by atoms with Crippen molar-refractivity contribution in [3.63, 3.8) is 0 Å². The van der Waals surface area contributed by atoms with Crippen LogP contribution in [0.3, 0.4) is 0 Å². The lowest BCUT2D eigenvalue weighted by Gasteiger charge is -2.27. The van der Waals surface area contributed by atoms with E-state index in [4.69, 9.17) is 0 Å². The largest absolute Gasteiger partial charge is 0.358 e. The van der Waals surface area contributed by atoms with Crippen LogP contribution >= 0.6 is 0 Å². The molecule has 2 aromatic carbocycles. The summed E-state index contributed by atoms with van der Waals surface area (Å²) in [5.41, 5.74) is 7.44. The number of fused-ring (bicyclic) bond motifs is 3. The first-order chi connectivity index (χ1) is 12.5. The minimum absolute atomic E-state index is 0.217. The molecule has 3 nitrogen and oxygen atoms in total. The fourth-order valence-corrected chi connectivity index (χ4v) is 3.80. The van der Waals surface area contributed by atoms with Crippen LogP contribution in [0.2, 0.25) is 0 Å². The van der Waals surface area contributed by atoms with E-state index in [2.05, 4.69) is 68.2 Å². The number of nitrogens with one attached hydrogen (secondary N) is 1. The van der Waals surface area contributed by atoms with E-state index < -0.39 is 0 Å². The number of nitrogens with zero attached hydrogens (tertiary/aromatic N) is 1. The molecule has 0 unspecified atom stereocenters. The number of hydrogen-bond donors (Lipinski definition) is 1. The van der Waals surface area contributed by atoms with Crippen LogP contribution in [0.1, 0.15) is 47.7 Å². The fraction of sp³-hybridized carbons (Fsp3) is 0.348. The van der Waals surface area contributed by atoms with Gasteiger partial charge in [0.2, 0.25) is 5.91 Å². The number of hydrogen-bond acceptors (Lipinski definition) is 1. The Bertz CT molecular complexity index is 950. The predicted molar refractivity (Wildman–Crippen MR) is 106 cm³/mol. The normalized spacial score (nSPS) is 14.1. The average molecular weight is 346 g/mol. The van der Waals surface area contributed by atoms with E-state index in [1.54, 1.807) is 0 Å². The molecule has 0 radical (unpaired) electrons. The van der Waals surface area contributed by atoms with Crippen molar-refractivity contribution in [1.29, 1.82) is 0 Å². The Morgan fingerprint density at radius 3 is 2.65 bits per heavy atom. The standard InChI is InChI=1S/C23H26N2O/c1-15(2)18-8-9-21-19(13-18)20-14-25(11-10-22(20)24-21)23(26)12-17-6-4-16(3)5-7-17/h4-9,13,15,24H,10-12,14H2,1-3H3. The van der Waals surface area contributed by atoms with Crippen molar-refractivity contribution in [1.82, 2.24) is 9.88 Å². The van der Waals surface area contributed by atoms with Gasteiger partial charge in [0.05, 0.1) is 6.42 Å². The Morgan fingerprint density at radius 1 is 1.15 bits per heavy atom. The zero-order chi connectivity index (χ0) is 18.3. The maximum absolute atomic E-state index is 12.8. The molecular weight excluding hydrogens is 320 g/mol. The second kappa shape index (κ2) is 6.64. The van der Waals surface area contributed by atoms with Gasteiger partial charge in [-0.2, -0.15) is 0 Å². The van der Waals surface area contributed by atoms with Crippen LogP contribution in [0, 0.1) is 6.92 Å². The van der Waals surface area contributed by atoms with E-state index in [9.17, 15) is 4.79 Å². The lowest BCUT2D eigenvalue weighted by molar-refractivity contribution is -0.131. The van der Waals surface area contributed by atoms with Gasteiger partial charge in [0, 0.05) is 41.7 Å². The Labute approximate surface area is 155 Å². The molecule has 134 valence electrons. The summed E-state index contributed by atoms with van der Waals surface area (Å²) in [5, 5.41) is 1.28.